The van der Waals surface area contributed by atoms with Gasteiger partial charge in [-0.15, -0.1) is 5.10 Å². The zero-order valence-electron chi connectivity index (χ0n) is 16.0. The molecule has 2 heterocycles. The Balaban J connectivity index is 1.84. The van der Waals surface area contributed by atoms with E-state index in [-0.39, 0.29) is 24.1 Å². The molecule has 1 aliphatic heterocycles. The quantitative estimate of drug-likeness (QED) is 0.864. The van der Waals surface area contributed by atoms with Gasteiger partial charge in [-0.25, -0.2) is 4.68 Å². The van der Waals surface area contributed by atoms with Crippen LogP contribution in [-0.2, 0) is 4.79 Å². The molecular weight excluding hydrogens is 348 g/mol. The highest BCUT2D eigenvalue weighted by molar-refractivity contribution is 5.94. The van der Waals surface area contributed by atoms with Crippen molar-refractivity contribution in [1.82, 2.24) is 19.9 Å². The van der Waals surface area contributed by atoms with Gasteiger partial charge in [-0.05, 0) is 43.5 Å². The molecule has 0 spiro atoms. The highest BCUT2D eigenvalue weighted by Gasteiger charge is 2.49. The minimum absolute atomic E-state index is 0.0659. The van der Waals surface area contributed by atoms with Crippen molar-refractivity contribution in [3.05, 3.63) is 35.7 Å². The lowest BCUT2D eigenvalue weighted by atomic mass is 9.76. The summed E-state index contributed by atoms with van der Waals surface area (Å²) in [7, 11) is 1.59. The second-order valence-electron chi connectivity index (χ2n) is 7.23. The number of benzene rings is 1. The number of carboxylic acids is 1. The van der Waals surface area contributed by atoms with Gasteiger partial charge in [-0.3, -0.25) is 9.59 Å². The molecule has 1 aromatic carbocycles. The maximum Gasteiger partial charge on any atom is 0.311 e. The molecular formula is C19H24N4O4. The van der Waals surface area contributed by atoms with E-state index in [1.807, 2.05) is 38.1 Å². The van der Waals surface area contributed by atoms with Crippen LogP contribution in [-0.4, -0.2) is 57.1 Å². The van der Waals surface area contributed by atoms with E-state index in [2.05, 4.69) is 10.3 Å². The molecule has 144 valence electrons. The number of rotatable bonds is 5. The molecule has 1 unspecified atom stereocenters. The summed E-state index contributed by atoms with van der Waals surface area (Å²) in [4.78, 5) is 26.3. The number of hydrogen-bond donors (Lipinski definition) is 1. The number of carbonyl (C=O) groups excluding carboxylic acids is 1. The highest BCUT2D eigenvalue weighted by Crippen LogP contribution is 2.38. The molecule has 1 atom stereocenters. The van der Waals surface area contributed by atoms with Crippen LogP contribution in [0, 0.1) is 18.3 Å². The molecule has 8 nitrogen and oxygen atoms in total. The second-order valence-corrected chi connectivity index (χ2v) is 7.23. The summed E-state index contributed by atoms with van der Waals surface area (Å²) >= 11 is 0. The van der Waals surface area contributed by atoms with Gasteiger partial charge < -0.3 is 14.7 Å². The Morgan fingerprint density at radius 1 is 1.26 bits per heavy atom. The van der Waals surface area contributed by atoms with Gasteiger partial charge in [0, 0.05) is 13.1 Å². The first-order valence-corrected chi connectivity index (χ1v) is 8.89. The Morgan fingerprint density at radius 2 is 1.93 bits per heavy atom. The summed E-state index contributed by atoms with van der Waals surface area (Å²) in [5.74, 6) is -0.477. The van der Waals surface area contributed by atoms with Crippen molar-refractivity contribution >= 4 is 11.9 Å². The van der Waals surface area contributed by atoms with Crippen LogP contribution < -0.4 is 4.74 Å². The molecule has 1 N–H and O–H groups in total. The van der Waals surface area contributed by atoms with Crippen molar-refractivity contribution in [3.63, 3.8) is 0 Å². The first-order valence-electron chi connectivity index (χ1n) is 8.89. The third-order valence-electron chi connectivity index (χ3n) is 5.53. The molecule has 3 rings (SSSR count). The first-order chi connectivity index (χ1) is 12.8. The molecule has 1 aliphatic rings. The lowest BCUT2D eigenvalue weighted by Gasteiger charge is -2.28. The summed E-state index contributed by atoms with van der Waals surface area (Å²) in [5.41, 5.74) is 0.719. The zero-order valence-corrected chi connectivity index (χ0v) is 16.0. The van der Waals surface area contributed by atoms with Crippen molar-refractivity contribution < 1.29 is 19.4 Å². The van der Waals surface area contributed by atoms with E-state index >= 15 is 0 Å². The van der Waals surface area contributed by atoms with E-state index in [1.165, 1.54) is 0 Å². The van der Waals surface area contributed by atoms with Crippen LogP contribution in [0.3, 0.4) is 0 Å². The van der Waals surface area contributed by atoms with Gasteiger partial charge >= 0.3 is 5.97 Å². The number of amides is 1. The zero-order chi connectivity index (χ0) is 19.8. The molecule has 27 heavy (non-hydrogen) atoms. The smallest absolute Gasteiger partial charge is 0.311 e. The fourth-order valence-corrected chi connectivity index (χ4v) is 3.54. The average Bonchev–Trinajstić information content (AvgIpc) is 3.26. The Bertz CT molecular complexity index is 859. The van der Waals surface area contributed by atoms with Crippen molar-refractivity contribution in [2.75, 3.05) is 20.2 Å². The Kier molecular flexibility index (Phi) is 4.91. The van der Waals surface area contributed by atoms with Gasteiger partial charge in [0.25, 0.3) is 5.91 Å². The average molecular weight is 372 g/mol. The van der Waals surface area contributed by atoms with Crippen LogP contribution in [0.25, 0.3) is 5.69 Å². The number of nitrogens with zero attached hydrogens (tertiary/aromatic N) is 4. The summed E-state index contributed by atoms with van der Waals surface area (Å²) in [6.45, 7) is 6.13. The number of carboxylic acid groups (broad SMARTS) is 1. The van der Waals surface area contributed by atoms with Gasteiger partial charge in [0.1, 0.15) is 5.75 Å². The summed E-state index contributed by atoms with van der Waals surface area (Å²) < 4.78 is 6.74. The number of likely N-dealkylation sites (tertiary alicyclic amines) is 1. The topological polar surface area (TPSA) is 97.5 Å². The lowest BCUT2D eigenvalue weighted by Crippen LogP contribution is -2.40. The van der Waals surface area contributed by atoms with E-state index in [0.29, 0.717) is 18.7 Å². The molecule has 2 aromatic rings. The van der Waals surface area contributed by atoms with E-state index in [4.69, 9.17) is 4.74 Å². The Morgan fingerprint density at radius 3 is 2.44 bits per heavy atom. The fourth-order valence-electron chi connectivity index (χ4n) is 3.54. The van der Waals surface area contributed by atoms with Crippen LogP contribution >= 0.6 is 0 Å². The predicted molar refractivity (Wildman–Crippen MR) is 98.1 cm³/mol. The molecule has 1 aromatic heterocycles. The maximum absolute atomic E-state index is 12.9. The molecule has 0 aliphatic carbocycles. The van der Waals surface area contributed by atoms with Crippen molar-refractivity contribution in [3.8, 4) is 11.4 Å². The van der Waals surface area contributed by atoms with Crippen LogP contribution in [0.2, 0.25) is 0 Å². The summed E-state index contributed by atoms with van der Waals surface area (Å²) in [6, 6.07) is 7.28. The fraction of sp³-hybridized carbons (Fsp3) is 0.474. The lowest BCUT2D eigenvalue weighted by molar-refractivity contribution is -0.150. The van der Waals surface area contributed by atoms with Gasteiger partial charge in [-0.2, -0.15) is 0 Å². The number of methoxy groups -OCH3 is 1. The number of carbonyl (C=O) groups is 2. The molecule has 0 saturated carbocycles. The largest absolute Gasteiger partial charge is 0.497 e. The van der Waals surface area contributed by atoms with E-state index < -0.39 is 11.4 Å². The molecule has 8 heteroatoms. The Labute approximate surface area is 157 Å². The minimum Gasteiger partial charge on any atom is -0.497 e. The van der Waals surface area contributed by atoms with Crippen molar-refractivity contribution in [2.24, 2.45) is 11.3 Å². The van der Waals surface area contributed by atoms with Gasteiger partial charge in [0.2, 0.25) is 0 Å². The third kappa shape index (κ3) is 3.15. The SMILES string of the molecule is COc1ccc(-n2nnc(C(=O)N3CCC(C(=O)O)(C(C)C)C3)c2C)cc1. The molecule has 0 bridgehead atoms. The standard InChI is InChI=1S/C19H24N4O4/c1-12(2)19(18(25)26)9-10-22(11-19)17(24)16-13(3)23(21-20-16)14-5-7-15(27-4)8-6-14/h5-8,12H,9-11H2,1-4H3,(H,25,26). The molecule has 0 radical (unpaired) electrons. The molecule has 1 amide bonds. The summed E-state index contributed by atoms with van der Waals surface area (Å²) in [6.07, 6.45) is 0.442. The van der Waals surface area contributed by atoms with Crippen LogP contribution in [0.1, 0.15) is 36.5 Å². The predicted octanol–water partition coefficient (Wildman–Crippen LogP) is 2.16. The minimum atomic E-state index is -0.907. The van der Waals surface area contributed by atoms with Crippen molar-refractivity contribution in [2.45, 2.75) is 27.2 Å². The normalized spacial score (nSPS) is 19.5. The van der Waals surface area contributed by atoms with Gasteiger partial charge in [0.05, 0.1) is 23.9 Å². The Hall–Kier alpha value is -2.90. The van der Waals surface area contributed by atoms with Gasteiger partial charge in [0.15, 0.2) is 5.69 Å². The maximum atomic E-state index is 12.9. The van der Waals surface area contributed by atoms with Crippen molar-refractivity contribution in [1.29, 1.82) is 0 Å². The van der Waals surface area contributed by atoms with Crippen LogP contribution in [0.5, 0.6) is 5.75 Å². The van der Waals surface area contributed by atoms with E-state index in [1.54, 1.807) is 23.6 Å². The van der Waals surface area contributed by atoms with Gasteiger partial charge in [-0.1, -0.05) is 19.1 Å². The second kappa shape index (κ2) is 7.02. The van der Waals surface area contributed by atoms with E-state index in [9.17, 15) is 14.7 Å². The van der Waals surface area contributed by atoms with Crippen LogP contribution in [0.15, 0.2) is 24.3 Å². The number of hydrogen-bond acceptors (Lipinski definition) is 5. The first kappa shape index (κ1) is 18.9. The number of aliphatic carboxylic acids is 1. The molecule has 1 fully saturated rings. The van der Waals surface area contributed by atoms with E-state index in [0.717, 1.165) is 11.4 Å². The molecule has 1 saturated heterocycles. The number of ether oxygens (including phenoxy) is 1. The third-order valence-corrected chi connectivity index (χ3v) is 5.53. The number of aromatic nitrogens is 3. The summed E-state index contributed by atoms with van der Waals surface area (Å²) in [5, 5.41) is 17.8. The van der Waals surface area contributed by atoms with Crippen LogP contribution in [0.4, 0.5) is 0 Å². The monoisotopic (exact) mass is 372 g/mol. The highest BCUT2D eigenvalue weighted by atomic mass is 16.5.